The average molecular weight is 520 g/mol. The number of benzene rings is 1. The van der Waals surface area contributed by atoms with Gasteiger partial charge in [-0.2, -0.15) is 0 Å². The van der Waals surface area contributed by atoms with Gasteiger partial charge in [0.25, 0.3) is 0 Å². The Morgan fingerprint density at radius 3 is 2.70 bits per heavy atom. The molecule has 0 saturated carbocycles. The zero-order chi connectivity index (χ0) is 26.2. The second kappa shape index (κ2) is 13.3. The summed E-state index contributed by atoms with van der Waals surface area (Å²) in [5, 5.41) is 12.9. The summed E-state index contributed by atoms with van der Waals surface area (Å²) in [6.45, 7) is 5.91. The summed E-state index contributed by atoms with van der Waals surface area (Å²) < 4.78 is 6.05. The van der Waals surface area contributed by atoms with E-state index >= 15 is 0 Å². The third kappa shape index (κ3) is 7.05. The van der Waals surface area contributed by atoms with E-state index in [-0.39, 0.29) is 28.9 Å². The van der Waals surface area contributed by atoms with E-state index in [0.717, 1.165) is 63.1 Å². The monoisotopic (exact) mass is 519 g/mol. The predicted molar refractivity (Wildman–Crippen MR) is 153 cm³/mol. The van der Waals surface area contributed by atoms with Gasteiger partial charge in [0, 0.05) is 42.5 Å². The Balaban J connectivity index is 1.35. The van der Waals surface area contributed by atoms with Crippen LogP contribution >= 0.6 is 11.8 Å². The molecule has 1 saturated heterocycles. The smallest absolute Gasteiger partial charge is 0.222 e. The van der Waals surface area contributed by atoms with Crippen LogP contribution in [0.2, 0.25) is 0 Å². The molecule has 2 heterocycles. The molecular weight excluding hydrogens is 478 g/mol. The largest absolute Gasteiger partial charge is 0.511 e. The molecule has 37 heavy (non-hydrogen) atoms. The molecule has 198 valence electrons. The van der Waals surface area contributed by atoms with E-state index in [1.807, 2.05) is 10.3 Å². The lowest BCUT2D eigenvalue weighted by Gasteiger charge is -2.31. The molecule has 4 nitrogen and oxygen atoms in total. The third-order valence-electron chi connectivity index (χ3n) is 8.03. The van der Waals surface area contributed by atoms with Gasteiger partial charge >= 0.3 is 0 Å². The van der Waals surface area contributed by atoms with E-state index in [9.17, 15) is 9.90 Å². The van der Waals surface area contributed by atoms with Crippen LogP contribution < -0.4 is 4.74 Å². The number of amides is 1. The standard InChI is InChI=1S/C32H41NO3S/c1-4-25(16-13-24-14-17-27(18-15-24)36-26-10-7-6-8-11-26)32-31(29(34)22-37-32)28(5-2)23(3)19-21-33-20-9-12-30(33)35/h1,5,10,14-15,17-18,22-23,25,31-32,34H,6-9,11-13,16,19-21H2,2-3H3/b28-5+. The van der Waals surface area contributed by atoms with E-state index in [1.165, 1.54) is 24.0 Å². The fraction of sp³-hybridized carbons (Fsp3) is 0.531. The minimum absolute atomic E-state index is 0.0431. The number of nitrogens with zero attached hydrogens (tertiary/aromatic N) is 1. The average Bonchev–Trinajstić information content (AvgIpc) is 3.50. The number of aryl methyl sites for hydroxylation is 1. The first-order chi connectivity index (χ1) is 18.0. The van der Waals surface area contributed by atoms with Crippen LogP contribution in [0.1, 0.15) is 70.8 Å². The maximum Gasteiger partial charge on any atom is 0.222 e. The molecule has 3 aliphatic rings. The summed E-state index contributed by atoms with van der Waals surface area (Å²) in [4.78, 5) is 14.0. The van der Waals surface area contributed by atoms with Gasteiger partial charge in [0.2, 0.25) is 5.91 Å². The van der Waals surface area contributed by atoms with Crippen LogP contribution in [0.15, 0.2) is 58.9 Å². The molecular formula is C32H41NO3S. The summed E-state index contributed by atoms with van der Waals surface area (Å²) in [5.41, 5.74) is 2.48. The number of thioether (sulfide) groups is 1. The number of aliphatic hydroxyl groups excluding tert-OH is 1. The second-order valence-corrected chi connectivity index (χ2v) is 11.6. The lowest BCUT2D eigenvalue weighted by atomic mass is 9.79. The zero-order valence-corrected chi connectivity index (χ0v) is 23.1. The first-order valence-corrected chi connectivity index (χ1v) is 14.8. The van der Waals surface area contributed by atoms with Gasteiger partial charge in [0.1, 0.15) is 17.3 Å². The minimum Gasteiger partial charge on any atom is -0.511 e. The molecule has 2 aliphatic heterocycles. The highest BCUT2D eigenvalue weighted by atomic mass is 32.2. The van der Waals surface area contributed by atoms with Crippen LogP contribution in [0.25, 0.3) is 0 Å². The number of rotatable bonds is 11. The topological polar surface area (TPSA) is 49.8 Å². The molecule has 0 radical (unpaired) electrons. The molecule has 0 spiro atoms. The van der Waals surface area contributed by atoms with Crippen molar-refractivity contribution in [1.82, 2.24) is 4.90 Å². The summed E-state index contributed by atoms with van der Waals surface area (Å²) in [6.07, 6.45) is 19.3. The highest BCUT2D eigenvalue weighted by Gasteiger charge is 2.39. The number of likely N-dealkylation sites (tertiary alicyclic amines) is 1. The number of terminal acetylenes is 1. The zero-order valence-electron chi connectivity index (χ0n) is 22.3. The molecule has 4 atom stereocenters. The number of aliphatic hydroxyl groups is 1. The van der Waals surface area contributed by atoms with Crippen LogP contribution in [0.4, 0.5) is 0 Å². The lowest BCUT2D eigenvalue weighted by Crippen LogP contribution is -2.30. The summed E-state index contributed by atoms with van der Waals surface area (Å²) >= 11 is 1.67. The van der Waals surface area contributed by atoms with Gasteiger partial charge in [-0.3, -0.25) is 4.79 Å². The number of ether oxygens (including phenoxy) is 1. The Hall–Kier alpha value is -2.58. The molecule has 1 amide bonds. The fourth-order valence-electron chi connectivity index (χ4n) is 5.82. The number of carbonyl (C=O) groups is 1. The molecule has 1 aromatic rings. The molecule has 0 bridgehead atoms. The van der Waals surface area contributed by atoms with Crippen molar-refractivity contribution in [3.8, 4) is 18.1 Å². The molecule has 1 fully saturated rings. The Kier molecular flexibility index (Phi) is 9.86. The molecule has 4 rings (SSSR count). The number of hydrogen-bond donors (Lipinski definition) is 1. The van der Waals surface area contributed by atoms with E-state index in [4.69, 9.17) is 11.2 Å². The SMILES string of the molecule is C#CC(CCc1ccc(OC2=CCCCC2)cc1)C1SC=C(O)C1/C(=C/C)C(C)CCN1CCCC1=O. The Bertz CT molecular complexity index is 1060. The Morgan fingerprint density at radius 1 is 1.24 bits per heavy atom. The maximum atomic E-state index is 12.0. The van der Waals surface area contributed by atoms with E-state index in [2.05, 4.69) is 56.2 Å². The Morgan fingerprint density at radius 2 is 2.05 bits per heavy atom. The van der Waals surface area contributed by atoms with Crippen molar-refractivity contribution in [3.63, 3.8) is 0 Å². The first kappa shape index (κ1) is 27.5. The van der Waals surface area contributed by atoms with Crippen LogP contribution in [-0.2, 0) is 11.2 Å². The van der Waals surface area contributed by atoms with Crippen molar-refractivity contribution in [3.05, 3.63) is 64.5 Å². The number of hydrogen-bond acceptors (Lipinski definition) is 4. The van der Waals surface area contributed by atoms with Gasteiger partial charge in [-0.25, -0.2) is 0 Å². The quantitative estimate of drug-likeness (QED) is 0.244. The van der Waals surface area contributed by atoms with Crippen molar-refractivity contribution >= 4 is 17.7 Å². The molecule has 5 heteroatoms. The van der Waals surface area contributed by atoms with Gasteiger partial charge in [-0.05, 0) is 81.6 Å². The predicted octanol–water partition coefficient (Wildman–Crippen LogP) is 7.43. The minimum atomic E-state index is -0.0696. The van der Waals surface area contributed by atoms with Crippen molar-refractivity contribution in [2.75, 3.05) is 13.1 Å². The summed E-state index contributed by atoms with van der Waals surface area (Å²) in [5.74, 6) is 5.97. The molecule has 4 unspecified atom stereocenters. The van der Waals surface area contributed by atoms with Gasteiger partial charge in [0.15, 0.2) is 0 Å². The molecule has 1 aromatic carbocycles. The fourth-order valence-corrected chi connectivity index (χ4v) is 7.13. The van der Waals surface area contributed by atoms with Gasteiger partial charge < -0.3 is 14.7 Å². The molecule has 0 aromatic heterocycles. The summed E-state index contributed by atoms with van der Waals surface area (Å²) in [6, 6.07) is 8.39. The van der Waals surface area contributed by atoms with E-state index in [0.29, 0.717) is 12.2 Å². The Labute approximate surface area is 227 Å². The van der Waals surface area contributed by atoms with Crippen LogP contribution in [-0.4, -0.2) is 34.3 Å². The van der Waals surface area contributed by atoms with Gasteiger partial charge in [-0.1, -0.05) is 30.7 Å². The lowest BCUT2D eigenvalue weighted by molar-refractivity contribution is -0.127. The van der Waals surface area contributed by atoms with E-state index in [1.54, 1.807) is 11.8 Å². The molecule has 1 aliphatic carbocycles. The molecule has 1 N–H and O–H groups in total. The summed E-state index contributed by atoms with van der Waals surface area (Å²) in [7, 11) is 0. The van der Waals surface area contributed by atoms with Crippen molar-refractivity contribution in [2.24, 2.45) is 17.8 Å². The van der Waals surface area contributed by atoms with Crippen molar-refractivity contribution in [2.45, 2.75) is 76.9 Å². The van der Waals surface area contributed by atoms with Crippen molar-refractivity contribution in [1.29, 1.82) is 0 Å². The first-order valence-electron chi connectivity index (χ1n) is 13.9. The van der Waals surface area contributed by atoms with Crippen molar-refractivity contribution < 1.29 is 14.6 Å². The third-order valence-corrected chi connectivity index (χ3v) is 9.33. The van der Waals surface area contributed by atoms with E-state index < -0.39 is 0 Å². The number of allylic oxidation sites excluding steroid dienone is 4. The van der Waals surface area contributed by atoms with Gasteiger partial charge in [-0.15, -0.1) is 24.1 Å². The normalized spacial score (nSPS) is 23.9. The number of carbonyl (C=O) groups excluding carboxylic acids is 1. The maximum absolute atomic E-state index is 12.0. The van der Waals surface area contributed by atoms with Gasteiger partial charge in [0.05, 0.1) is 5.92 Å². The van der Waals surface area contributed by atoms with Crippen LogP contribution in [0.5, 0.6) is 5.75 Å². The van der Waals surface area contributed by atoms with Crippen LogP contribution in [0.3, 0.4) is 0 Å². The van der Waals surface area contributed by atoms with Crippen LogP contribution in [0, 0.1) is 30.1 Å². The second-order valence-electron chi connectivity index (χ2n) is 10.6. The highest BCUT2D eigenvalue weighted by Crippen LogP contribution is 2.46. The highest BCUT2D eigenvalue weighted by molar-refractivity contribution is 8.03.